The van der Waals surface area contributed by atoms with Crippen molar-refractivity contribution < 1.29 is 9.84 Å². The number of hydrogen-bond donors (Lipinski definition) is 1. The SMILES string of the molecule is C[C@H](CCC1OC1(C)C)[C@H]1CC[C@H]2[C@@H]3CC[C@@H]4C[C@H](O)CC[C@]4(C)[C@H]3CC[C@]12C. The Morgan fingerprint density at radius 2 is 1.59 bits per heavy atom. The molecule has 0 aromatic heterocycles. The molecule has 0 radical (unpaired) electrons. The van der Waals surface area contributed by atoms with Crippen LogP contribution in [0.1, 0.15) is 105 Å². The van der Waals surface area contributed by atoms with Crippen LogP contribution >= 0.6 is 0 Å². The number of aliphatic hydroxyl groups excluding tert-OH is 1. The lowest BCUT2D eigenvalue weighted by molar-refractivity contribution is -0.129. The summed E-state index contributed by atoms with van der Waals surface area (Å²) in [6.45, 7) is 12.4. The summed E-state index contributed by atoms with van der Waals surface area (Å²) in [7, 11) is 0. The average Bonchev–Trinajstić information content (AvgIpc) is 3.11. The molecule has 0 aromatic carbocycles. The molecule has 29 heavy (non-hydrogen) atoms. The Hall–Kier alpha value is -0.0800. The van der Waals surface area contributed by atoms with Gasteiger partial charge in [-0.15, -0.1) is 0 Å². The molecule has 0 bridgehead atoms. The molecule has 166 valence electrons. The standard InChI is InChI=1S/C27H46O2/c1-17(6-11-24-25(2,3)29-24)21-9-10-22-20-8-7-18-16-19(28)12-14-26(18,4)23(20)13-15-27(21,22)5/h17-24,28H,6-16H2,1-5H3/t17-,18-,19-,20+,21-,22+,23+,24?,26+,27-/m1/s1. The van der Waals surface area contributed by atoms with Gasteiger partial charge in [-0.25, -0.2) is 0 Å². The molecule has 1 N–H and O–H groups in total. The number of rotatable bonds is 4. The van der Waals surface area contributed by atoms with E-state index in [9.17, 15) is 5.11 Å². The van der Waals surface area contributed by atoms with Gasteiger partial charge in [0.2, 0.25) is 0 Å². The predicted molar refractivity (Wildman–Crippen MR) is 119 cm³/mol. The zero-order valence-electron chi connectivity index (χ0n) is 19.8. The van der Waals surface area contributed by atoms with Crippen molar-refractivity contribution in [3.8, 4) is 0 Å². The van der Waals surface area contributed by atoms with E-state index in [0.29, 0.717) is 16.9 Å². The van der Waals surface area contributed by atoms with Crippen molar-refractivity contribution in [3.05, 3.63) is 0 Å². The maximum atomic E-state index is 10.3. The third-order valence-corrected chi connectivity index (χ3v) is 11.4. The van der Waals surface area contributed by atoms with Gasteiger partial charge in [0.05, 0.1) is 17.8 Å². The highest BCUT2D eigenvalue weighted by Gasteiger charge is 2.60. The topological polar surface area (TPSA) is 32.8 Å². The van der Waals surface area contributed by atoms with Crippen LogP contribution < -0.4 is 0 Å². The highest BCUT2D eigenvalue weighted by molar-refractivity contribution is 5.10. The van der Waals surface area contributed by atoms with Crippen LogP contribution in [0.4, 0.5) is 0 Å². The van der Waals surface area contributed by atoms with Crippen LogP contribution in [0.2, 0.25) is 0 Å². The Labute approximate surface area is 179 Å². The molecule has 5 fully saturated rings. The van der Waals surface area contributed by atoms with E-state index >= 15 is 0 Å². The van der Waals surface area contributed by atoms with Gasteiger partial charge in [-0.1, -0.05) is 20.8 Å². The first kappa shape index (κ1) is 20.8. The average molecular weight is 403 g/mol. The van der Waals surface area contributed by atoms with E-state index in [1.807, 2.05) is 0 Å². The van der Waals surface area contributed by atoms with E-state index in [-0.39, 0.29) is 11.7 Å². The zero-order chi connectivity index (χ0) is 20.6. The second kappa shape index (κ2) is 6.96. The molecule has 5 aliphatic rings. The van der Waals surface area contributed by atoms with Gasteiger partial charge < -0.3 is 9.84 Å². The number of epoxide rings is 1. The second-order valence-corrected chi connectivity index (χ2v) is 13.1. The monoisotopic (exact) mass is 402 g/mol. The zero-order valence-corrected chi connectivity index (χ0v) is 19.8. The molecule has 1 unspecified atom stereocenters. The number of hydrogen-bond acceptors (Lipinski definition) is 2. The van der Waals surface area contributed by atoms with Gasteiger partial charge in [0.15, 0.2) is 0 Å². The summed E-state index contributed by atoms with van der Waals surface area (Å²) in [4.78, 5) is 0. The van der Waals surface area contributed by atoms with Crippen molar-refractivity contribution in [1.29, 1.82) is 0 Å². The van der Waals surface area contributed by atoms with E-state index in [2.05, 4.69) is 34.6 Å². The van der Waals surface area contributed by atoms with Crippen LogP contribution in [0.15, 0.2) is 0 Å². The fourth-order valence-corrected chi connectivity index (χ4v) is 9.57. The molecule has 1 heterocycles. The maximum absolute atomic E-state index is 10.3. The molecule has 0 aromatic rings. The van der Waals surface area contributed by atoms with Crippen LogP contribution in [0.5, 0.6) is 0 Å². The molecule has 1 saturated heterocycles. The molecular formula is C27H46O2. The van der Waals surface area contributed by atoms with Crippen molar-refractivity contribution >= 4 is 0 Å². The first-order valence-electron chi connectivity index (χ1n) is 13.0. The predicted octanol–water partition coefficient (Wildman–Crippen LogP) is 6.60. The summed E-state index contributed by atoms with van der Waals surface area (Å²) >= 11 is 0. The third-order valence-electron chi connectivity index (χ3n) is 11.4. The molecular weight excluding hydrogens is 356 g/mol. The molecule has 0 amide bonds. The van der Waals surface area contributed by atoms with E-state index in [4.69, 9.17) is 4.74 Å². The summed E-state index contributed by atoms with van der Waals surface area (Å²) < 4.78 is 5.87. The molecule has 0 spiro atoms. The first-order chi connectivity index (χ1) is 13.6. The summed E-state index contributed by atoms with van der Waals surface area (Å²) in [6.07, 6.45) is 15.2. The smallest absolute Gasteiger partial charge is 0.0892 e. The minimum atomic E-state index is -0.0179. The van der Waals surface area contributed by atoms with Crippen LogP contribution in [0, 0.1) is 46.3 Å². The minimum absolute atomic E-state index is 0.0179. The summed E-state index contributed by atoms with van der Waals surface area (Å²) in [5.74, 6) is 5.42. The van der Waals surface area contributed by atoms with Gasteiger partial charge in [-0.2, -0.15) is 0 Å². The number of ether oxygens (including phenoxy) is 1. The fourth-order valence-electron chi connectivity index (χ4n) is 9.57. The van der Waals surface area contributed by atoms with Gasteiger partial charge in [0.1, 0.15) is 0 Å². The lowest BCUT2D eigenvalue weighted by Crippen LogP contribution is -2.54. The quantitative estimate of drug-likeness (QED) is 0.537. The van der Waals surface area contributed by atoms with E-state index in [1.54, 1.807) is 0 Å². The van der Waals surface area contributed by atoms with Crippen LogP contribution in [-0.4, -0.2) is 22.9 Å². The molecule has 2 nitrogen and oxygen atoms in total. The lowest BCUT2D eigenvalue weighted by Gasteiger charge is -2.61. The van der Waals surface area contributed by atoms with E-state index < -0.39 is 0 Å². The Bertz CT molecular complexity index is 628. The van der Waals surface area contributed by atoms with Crippen LogP contribution in [-0.2, 0) is 4.74 Å². The Balaban J connectivity index is 1.28. The van der Waals surface area contributed by atoms with Crippen LogP contribution in [0.25, 0.3) is 0 Å². The Morgan fingerprint density at radius 3 is 2.31 bits per heavy atom. The molecule has 5 rings (SSSR count). The second-order valence-electron chi connectivity index (χ2n) is 13.1. The van der Waals surface area contributed by atoms with E-state index in [1.165, 1.54) is 57.8 Å². The highest BCUT2D eigenvalue weighted by atomic mass is 16.6. The molecule has 4 saturated carbocycles. The molecule has 4 aliphatic carbocycles. The van der Waals surface area contributed by atoms with Gasteiger partial charge in [0, 0.05) is 0 Å². The van der Waals surface area contributed by atoms with Gasteiger partial charge in [0.25, 0.3) is 0 Å². The van der Waals surface area contributed by atoms with Crippen molar-refractivity contribution in [2.45, 2.75) is 123 Å². The Kier molecular flexibility index (Phi) is 4.99. The third kappa shape index (κ3) is 3.25. The maximum Gasteiger partial charge on any atom is 0.0892 e. The number of fused-ring (bicyclic) bond motifs is 5. The van der Waals surface area contributed by atoms with Gasteiger partial charge in [-0.3, -0.25) is 0 Å². The van der Waals surface area contributed by atoms with Crippen molar-refractivity contribution in [2.75, 3.05) is 0 Å². The van der Waals surface area contributed by atoms with Crippen LogP contribution in [0.3, 0.4) is 0 Å². The normalized spacial score (nSPS) is 54.2. The summed E-state index contributed by atoms with van der Waals surface area (Å²) in [6, 6.07) is 0. The Morgan fingerprint density at radius 1 is 0.897 bits per heavy atom. The van der Waals surface area contributed by atoms with Crippen molar-refractivity contribution in [1.82, 2.24) is 0 Å². The van der Waals surface area contributed by atoms with Crippen molar-refractivity contribution in [2.24, 2.45) is 46.3 Å². The number of aliphatic hydroxyl groups is 1. The largest absolute Gasteiger partial charge is 0.393 e. The summed E-state index contributed by atoms with van der Waals surface area (Å²) in [5, 5.41) is 10.3. The van der Waals surface area contributed by atoms with E-state index in [0.717, 1.165) is 48.3 Å². The fraction of sp³-hybridized carbons (Fsp3) is 1.00. The van der Waals surface area contributed by atoms with Gasteiger partial charge in [-0.05, 0) is 131 Å². The lowest BCUT2D eigenvalue weighted by atomic mass is 9.44. The first-order valence-corrected chi connectivity index (χ1v) is 13.0. The van der Waals surface area contributed by atoms with Crippen molar-refractivity contribution in [3.63, 3.8) is 0 Å². The summed E-state index contributed by atoms with van der Waals surface area (Å²) in [5.41, 5.74) is 1.25. The molecule has 10 atom stereocenters. The highest BCUT2D eigenvalue weighted by Crippen LogP contribution is 2.68. The molecule has 2 heteroatoms. The minimum Gasteiger partial charge on any atom is -0.393 e. The van der Waals surface area contributed by atoms with Gasteiger partial charge >= 0.3 is 0 Å². The molecule has 1 aliphatic heterocycles.